The molecule has 2 rings (SSSR count). The molecule has 1 aromatic rings. The number of aromatic nitrogens is 2. The van der Waals surface area contributed by atoms with E-state index >= 15 is 0 Å². The van der Waals surface area contributed by atoms with Gasteiger partial charge in [-0.3, -0.25) is 4.79 Å². The molecule has 0 saturated carbocycles. The summed E-state index contributed by atoms with van der Waals surface area (Å²) in [5.74, 6) is 2.79. The number of halogens is 2. The van der Waals surface area contributed by atoms with E-state index in [0.29, 0.717) is 24.5 Å². The van der Waals surface area contributed by atoms with Crippen molar-refractivity contribution in [1.29, 1.82) is 0 Å². The molecule has 1 fully saturated rings. The summed E-state index contributed by atoms with van der Waals surface area (Å²) in [5.41, 5.74) is 0.349. The fourth-order valence-corrected chi connectivity index (χ4v) is 2.43. The molecule has 0 bridgehead atoms. The van der Waals surface area contributed by atoms with Gasteiger partial charge < -0.3 is 4.90 Å². The van der Waals surface area contributed by atoms with Gasteiger partial charge >= 0.3 is 0 Å². The van der Waals surface area contributed by atoms with Crippen molar-refractivity contribution >= 4 is 34.8 Å². The van der Waals surface area contributed by atoms with E-state index in [9.17, 15) is 4.79 Å². The van der Waals surface area contributed by atoms with Crippen LogP contribution in [0.1, 0.15) is 12.2 Å². The lowest BCUT2D eigenvalue weighted by Crippen LogP contribution is -2.25. The molecular weight excluding hydrogens is 261 g/mol. The van der Waals surface area contributed by atoms with E-state index in [1.54, 1.807) is 6.92 Å². The predicted molar refractivity (Wildman–Crippen MR) is 66.1 cm³/mol. The summed E-state index contributed by atoms with van der Waals surface area (Å²) in [5, 5.41) is 0.349. The largest absolute Gasteiger partial charge is 0.306 e. The third kappa shape index (κ3) is 2.21. The third-order valence-corrected chi connectivity index (χ3v) is 3.07. The van der Waals surface area contributed by atoms with Crippen LogP contribution in [0.5, 0.6) is 0 Å². The van der Waals surface area contributed by atoms with Crippen molar-refractivity contribution in [2.75, 3.05) is 11.4 Å². The summed E-state index contributed by atoms with van der Waals surface area (Å²) >= 11 is 12.0. The van der Waals surface area contributed by atoms with Crippen LogP contribution in [0.15, 0.2) is 0 Å². The molecule has 1 unspecified atom stereocenters. The Balaban J connectivity index is 2.42. The average molecular weight is 270 g/mol. The fraction of sp³-hybridized carbons (Fsp3) is 0.364. The highest BCUT2D eigenvalue weighted by atomic mass is 35.5. The van der Waals surface area contributed by atoms with Gasteiger partial charge in [0.2, 0.25) is 5.91 Å². The van der Waals surface area contributed by atoms with Crippen molar-refractivity contribution in [1.82, 2.24) is 9.97 Å². The van der Waals surface area contributed by atoms with Gasteiger partial charge in [0.1, 0.15) is 11.5 Å². The molecule has 6 heteroatoms. The van der Waals surface area contributed by atoms with E-state index in [0.717, 1.165) is 0 Å². The Morgan fingerprint density at radius 1 is 1.41 bits per heavy atom. The van der Waals surface area contributed by atoms with Gasteiger partial charge in [-0.1, -0.05) is 23.2 Å². The van der Waals surface area contributed by atoms with Gasteiger partial charge in [-0.25, -0.2) is 9.97 Å². The smallest absolute Gasteiger partial charge is 0.228 e. The number of carbonyl (C=O) groups is 1. The van der Waals surface area contributed by atoms with Gasteiger partial charge in [-0.05, 0) is 6.92 Å². The number of anilines is 1. The Bertz CT molecular complexity index is 501. The van der Waals surface area contributed by atoms with Crippen molar-refractivity contribution in [2.45, 2.75) is 13.3 Å². The van der Waals surface area contributed by atoms with E-state index < -0.39 is 0 Å². The standard InChI is InChI=1S/C11H9Cl2N3O/c1-3-7-4-8(17)16(5-7)9-10(12)14-6(2)15-11(9)13/h1,7H,4-5H2,2H3. The van der Waals surface area contributed by atoms with Crippen LogP contribution in [-0.4, -0.2) is 22.4 Å². The number of hydrogen-bond acceptors (Lipinski definition) is 3. The number of aryl methyl sites for hydroxylation is 1. The molecule has 1 aliphatic rings. The lowest BCUT2D eigenvalue weighted by molar-refractivity contribution is -0.117. The van der Waals surface area contributed by atoms with Gasteiger partial charge in [0, 0.05) is 18.9 Å². The summed E-state index contributed by atoms with van der Waals surface area (Å²) in [6, 6.07) is 0. The van der Waals surface area contributed by atoms with Crippen LogP contribution in [0.2, 0.25) is 10.3 Å². The number of nitrogens with zero attached hydrogens (tertiary/aromatic N) is 3. The molecule has 0 N–H and O–H groups in total. The molecule has 0 aliphatic carbocycles. The topological polar surface area (TPSA) is 46.1 Å². The maximum atomic E-state index is 11.8. The minimum atomic E-state index is -0.115. The molecule has 1 saturated heterocycles. The Morgan fingerprint density at radius 3 is 2.47 bits per heavy atom. The van der Waals surface area contributed by atoms with Gasteiger partial charge in [0.05, 0.1) is 0 Å². The highest BCUT2D eigenvalue weighted by Gasteiger charge is 2.32. The number of terminal acetylenes is 1. The Hall–Kier alpha value is -1.31. The number of carbonyl (C=O) groups excluding carboxylic acids is 1. The van der Waals surface area contributed by atoms with Crippen molar-refractivity contribution < 1.29 is 4.79 Å². The van der Waals surface area contributed by atoms with E-state index in [2.05, 4.69) is 15.9 Å². The maximum absolute atomic E-state index is 11.8. The molecule has 1 amide bonds. The van der Waals surface area contributed by atoms with E-state index in [-0.39, 0.29) is 22.1 Å². The van der Waals surface area contributed by atoms with Gasteiger partial charge in [0.25, 0.3) is 0 Å². The van der Waals surface area contributed by atoms with Gasteiger partial charge in [-0.2, -0.15) is 0 Å². The van der Waals surface area contributed by atoms with Crippen molar-refractivity contribution in [3.05, 3.63) is 16.1 Å². The Kier molecular flexibility index (Phi) is 3.23. The fourth-order valence-electron chi connectivity index (χ4n) is 1.76. The summed E-state index contributed by atoms with van der Waals surface area (Å²) in [7, 11) is 0. The summed E-state index contributed by atoms with van der Waals surface area (Å²) in [4.78, 5) is 21.2. The van der Waals surface area contributed by atoms with Crippen LogP contribution in [0.3, 0.4) is 0 Å². The maximum Gasteiger partial charge on any atom is 0.228 e. The van der Waals surface area contributed by atoms with Crippen molar-refractivity contribution in [2.24, 2.45) is 5.92 Å². The SMILES string of the molecule is C#CC1CC(=O)N(c2c(Cl)nc(C)nc2Cl)C1. The van der Waals surface area contributed by atoms with Crippen molar-refractivity contribution in [3.63, 3.8) is 0 Å². The van der Waals surface area contributed by atoms with Crippen LogP contribution in [0.4, 0.5) is 5.69 Å². The summed E-state index contributed by atoms with van der Waals surface area (Å²) in [6.45, 7) is 2.08. The molecule has 1 aromatic heterocycles. The first kappa shape index (κ1) is 12.2. The minimum Gasteiger partial charge on any atom is -0.306 e. The third-order valence-electron chi connectivity index (χ3n) is 2.54. The average Bonchev–Trinajstić information content (AvgIpc) is 2.59. The number of hydrogen-bond donors (Lipinski definition) is 0. The molecule has 17 heavy (non-hydrogen) atoms. The monoisotopic (exact) mass is 269 g/mol. The Morgan fingerprint density at radius 2 is 2.00 bits per heavy atom. The zero-order valence-corrected chi connectivity index (χ0v) is 10.6. The van der Waals surface area contributed by atoms with E-state index in [1.807, 2.05) is 0 Å². The first-order chi connectivity index (χ1) is 8.02. The van der Waals surface area contributed by atoms with E-state index in [1.165, 1.54) is 4.90 Å². The Labute approximate surface area is 109 Å². The second-order valence-corrected chi connectivity index (χ2v) is 4.49. The summed E-state index contributed by atoms with van der Waals surface area (Å²) in [6.07, 6.45) is 5.61. The highest BCUT2D eigenvalue weighted by molar-refractivity contribution is 6.38. The van der Waals surface area contributed by atoms with Crippen LogP contribution in [0.25, 0.3) is 0 Å². The number of amides is 1. The first-order valence-corrected chi connectivity index (χ1v) is 5.74. The lowest BCUT2D eigenvalue weighted by Gasteiger charge is -2.17. The molecule has 1 atom stereocenters. The molecule has 0 radical (unpaired) electrons. The van der Waals surface area contributed by atoms with E-state index in [4.69, 9.17) is 29.6 Å². The van der Waals surface area contributed by atoms with Crippen LogP contribution in [0, 0.1) is 25.2 Å². The van der Waals surface area contributed by atoms with Crippen LogP contribution in [-0.2, 0) is 4.79 Å². The number of rotatable bonds is 1. The first-order valence-electron chi connectivity index (χ1n) is 4.99. The second kappa shape index (κ2) is 4.52. The summed E-state index contributed by atoms with van der Waals surface area (Å²) < 4.78 is 0. The molecule has 0 spiro atoms. The molecule has 2 heterocycles. The van der Waals surface area contributed by atoms with Crippen molar-refractivity contribution in [3.8, 4) is 12.3 Å². The normalized spacial score (nSPS) is 19.5. The lowest BCUT2D eigenvalue weighted by atomic mass is 10.1. The zero-order chi connectivity index (χ0) is 12.6. The second-order valence-electron chi connectivity index (χ2n) is 3.77. The molecular formula is C11H9Cl2N3O. The van der Waals surface area contributed by atoms with Gasteiger partial charge in [-0.15, -0.1) is 12.3 Å². The molecule has 0 aromatic carbocycles. The quantitative estimate of drug-likeness (QED) is 0.579. The predicted octanol–water partition coefficient (Wildman–Crippen LogP) is 2.08. The molecule has 1 aliphatic heterocycles. The zero-order valence-electron chi connectivity index (χ0n) is 9.07. The molecule has 88 valence electrons. The minimum absolute atomic E-state index is 0.107. The van der Waals surface area contributed by atoms with Crippen LogP contribution >= 0.6 is 23.2 Å². The van der Waals surface area contributed by atoms with Crippen LogP contribution < -0.4 is 4.90 Å². The highest BCUT2D eigenvalue weighted by Crippen LogP contribution is 2.34. The molecule has 4 nitrogen and oxygen atoms in total. The van der Waals surface area contributed by atoms with Gasteiger partial charge in [0.15, 0.2) is 10.3 Å².